The molecule has 0 saturated carbocycles. The molecule has 1 unspecified atom stereocenters. The number of likely N-dealkylation sites (tertiary alicyclic amines) is 1. The Morgan fingerprint density at radius 2 is 1.88 bits per heavy atom. The predicted octanol–water partition coefficient (Wildman–Crippen LogP) is 2.06. The lowest BCUT2D eigenvalue weighted by molar-refractivity contribution is -0.157. The first-order valence-corrected chi connectivity index (χ1v) is 12.6. The van der Waals surface area contributed by atoms with Crippen LogP contribution in [-0.4, -0.2) is 82.3 Å². The molecule has 4 aliphatic rings. The van der Waals surface area contributed by atoms with Gasteiger partial charge in [0.15, 0.2) is 0 Å². The van der Waals surface area contributed by atoms with Crippen LogP contribution in [0, 0.1) is 17.8 Å². The number of carbonyl (C=O) groups excluding carboxylic acids is 3. The zero-order chi connectivity index (χ0) is 24.6. The van der Waals surface area contributed by atoms with Gasteiger partial charge in [-0.1, -0.05) is 38.2 Å². The van der Waals surface area contributed by atoms with E-state index in [0.717, 1.165) is 19.3 Å². The zero-order valence-electron chi connectivity index (χ0n) is 20.7. The Bertz CT molecular complexity index is 867. The number of amides is 2. The smallest absolute Gasteiger partial charge is 0.312 e. The maximum Gasteiger partial charge on any atom is 0.312 e. The first-order chi connectivity index (χ1) is 16.2. The topological polar surface area (TPSA) is 96.4 Å². The van der Waals surface area contributed by atoms with E-state index in [0.29, 0.717) is 19.6 Å². The lowest BCUT2D eigenvalue weighted by Gasteiger charge is -2.39. The van der Waals surface area contributed by atoms with Gasteiger partial charge in [0.2, 0.25) is 11.8 Å². The van der Waals surface area contributed by atoms with Crippen molar-refractivity contribution in [3.8, 4) is 0 Å². The minimum absolute atomic E-state index is 0.0760. The highest BCUT2D eigenvalue weighted by Crippen LogP contribution is 2.54. The Kier molecular flexibility index (Phi) is 7.20. The molecule has 4 aliphatic heterocycles. The van der Waals surface area contributed by atoms with Crippen LogP contribution in [0.5, 0.6) is 0 Å². The molecule has 34 heavy (non-hydrogen) atoms. The first kappa shape index (κ1) is 24.9. The number of carbonyl (C=O) groups is 3. The number of nitrogens with zero attached hydrogens (tertiary/aromatic N) is 2. The van der Waals surface area contributed by atoms with Crippen LogP contribution in [-0.2, 0) is 23.9 Å². The van der Waals surface area contributed by atoms with E-state index in [1.165, 1.54) is 4.90 Å². The second-order valence-corrected chi connectivity index (χ2v) is 10.6. The van der Waals surface area contributed by atoms with Gasteiger partial charge in [-0.15, -0.1) is 0 Å². The summed E-state index contributed by atoms with van der Waals surface area (Å²) in [4.78, 5) is 44.6. The van der Waals surface area contributed by atoms with Crippen molar-refractivity contribution in [2.75, 3.05) is 19.8 Å². The van der Waals surface area contributed by atoms with Crippen molar-refractivity contribution in [3.63, 3.8) is 0 Å². The average Bonchev–Trinajstić information content (AvgIpc) is 3.17. The molecule has 4 heterocycles. The number of ether oxygens (including phenoxy) is 2. The van der Waals surface area contributed by atoms with Gasteiger partial charge < -0.3 is 24.4 Å². The van der Waals surface area contributed by atoms with E-state index in [-0.39, 0.29) is 30.4 Å². The van der Waals surface area contributed by atoms with E-state index in [1.54, 1.807) is 4.90 Å². The molecule has 0 aliphatic carbocycles. The number of esters is 1. The number of aliphatic hydroxyl groups excluding tert-OH is 1. The van der Waals surface area contributed by atoms with Crippen molar-refractivity contribution in [1.29, 1.82) is 0 Å². The molecule has 0 radical (unpaired) electrons. The van der Waals surface area contributed by atoms with E-state index >= 15 is 0 Å². The molecule has 6 atom stereocenters. The summed E-state index contributed by atoms with van der Waals surface area (Å²) >= 11 is 0. The molecule has 1 N–H and O–H groups in total. The zero-order valence-corrected chi connectivity index (χ0v) is 20.7. The van der Waals surface area contributed by atoms with Gasteiger partial charge in [-0.3, -0.25) is 14.4 Å². The van der Waals surface area contributed by atoms with Crippen molar-refractivity contribution < 1.29 is 29.0 Å². The summed E-state index contributed by atoms with van der Waals surface area (Å²) in [6.45, 7) is 8.36. The van der Waals surface area contributed by atoms with Gasteiger partial charge in [-0.2, -0.15) is 0 Å². The van der Waals surface area contributed by atoms with Crippen molar-refractivity contribution in [1.82, 2.24) is 9.80 Å². The third-order valence-electron chi connectivity index (χ3n) is 7.54. The third-order valence-corrected chi connectivity index (χ3v) is 7.54. The highest BCUT2D eigenvalue weighted by Gasteiger charge is 2.72. The van der Waals surface area contributed by atoms with Crippen molar-refractivity contribution >= 4 is 17.8 Å². The van der Waals surface area contributed by atoms with E-state index in [1.807, 2.05) is 52.0 Å². The predicted molar refractivity (Wildman–Crippen MR) is 125 cm³/mol. The molecule has 0 aromatic carbocycles. The molecule has 8 heteroatoms. The van der Waals surface area contributed by atoms with E-state index in [4.69, 9.17) is 9.47 Å². The molecule has 0 aromatic heterocycles. The van der Waals surface area contributed by atoms with Crippen LogP contribution in [0.2, 0.25) is 0 Å². The second kappa shape index (κ2) is 9.82. The number of hydrogen-bond donors (Lipinski definition) is 1. The molecule has 2 saturated heterocycles. The maximum absolute atomic E-state index is 14.1. The van der Waals surface area contributed by atoms with Gasteiger partial charge >= 0.3 is 5.97 Å². The van der Waals surface area contributed by atoms with Crippen LogP contribution in [0.3, 0.4) is 0 Å². The summed E-state index contributed by atoms with van der Waals surface area (Å²) < 4.78 is 12.2. The molecule has 0 bridgehead atoms. The molecule has 2 fully saturated rings. The fourth-order valence-corrected chi connectivity index (χ4v) is 6.05. The highest BCUT2D eigenvalue weighted by molar-refractivity contribution is 5.99. The van der Waals surface area contributed by atoms with Crippen molar-refractivity contribution in [3.05, 3.63) is 24.3 Å². The van der Waals surface area contributed by atoms with Gasteiger partial charge in [0.05, 0.1) is 31.3 Å². The maximum atomic E-state index is 14.1. The van der Waals surface area contributed by atoms with Crippen molar-refractivity contribution in [2.45, 2.75) is 83.2 Å². The van der Waals surface area contributed by atoms with Gasteiger partial charge in [0.25, 0.3) is 0 Å². The lowest BCUT2D eigenvalue weighted by atomic mass is 9.78. The van der Waals surface area contributed by atoms with Gasteiger partial charge in [0.1, 0.15) is 17.6 Å². The molecule has 1 spiro atoms. The molecule has 0 aromatic rings. The van der Waals surface area contributed by atoms with Gasteiger partial charge in [-0.05, 0) is 45.4 Å². The summed E-state index contributed by atoms with van der Waals surface area (Å²) in [7, 11) is 0. The first-order valence-electron chi connectivity index (χ1n) is 12.6. The van der Waals surface area contributed by atoms with Gasteiger partial charge in [-0.25, -0.2) is 0 Å². The Labute approximate surface area is 201 Å². The summed E-state index contributed by atoms with van der Waals surface area (Å²) in [6.07, 6.45) is 9.97. The van der Waals surface area contributed by atoms with Crippen LogP contribution in [0.15, 0.2) is 24.3 Å². The molecule has 188 valence electrons. The Hall–Kier alpha value is -2.19. The molecule has 8 nitrogen and oxygen atoms in total. The largest absolute Gasteiger partial charge is 0.465 e. The average molecular weight is 475 g/mol. The summed E-state index contributed by atoms with van der Waals surface area (Å²) in [5, 5.41) is 10.3. The Morgan fingerprint density at radius 1 is 1.12 bits per heavy atom. The van der Waals surface area contributed by atoms with E-state index in [9.17, 15) is 19.5 Å². The van der Waals surface area contributed by atoms with Gasteiger partial charge in [0, 0.05) is 12.6 Å². The standard InChI is InChI=1S/C26H38N2O6/c1-16(2)14-18(15-29)28-22-24(31)27(17(3)4)12-9-11-26(22)21(23(28)30)20-19(34-26)10-7-5-6-8-13-33-25(20)32/h7,9-11,16-22,29H,5-6,8,12-15H2,1-4H3/b10-7-/t18-,19-,20+,21+,22?,26+/m1/s1. The minimum atomic E-state index is -1.28. The number of hydrogen-bond acceptors (Lipinski definition) is 6. The van der Waals surface area contributed by atoms with Crippen LogP contribution < -0.4 is 0 Å². The normalized spacial score (nSPS) is 35.7. The molecule has 4 rings (SSSR count). The van der Waals surface area contributed by atoms with Crippen LogP contribution in [0.4, 0.5) is 0 Å². The quantitative estimate of drug-likeness (QED) is 0.484. The Balaban J connectivity index is 1.85. The fourth-order valence-electron chi connectivity index (χ4n) is 6.05. The van der Waals surface area contributed by atoms with Crippen LogP contribution in [0.1, 0.15) is 53.4 Å². The molecule has 2 amide bonds. The highest BCUT2D eigenvalue weighted by atomic mass is 16.6. The van der Waals surface area contributed by atoms with E-state index in [2.05, 4.69) is 0 Å². The van der Waals surface area contributed by atoms with Crippen LogP contribution >= 0.6 is 0 Å². The SMILES string of the molecule is CC(C)C[C@H](CO)N1C(=O)[C@@H]2[C@H]3C(=O)OCCCC/C=C\[C@H]3O[C@@]23C=CCN(C(C)C)C(=O)C13. The summed E-state index contributed by atoms with van der Waals surface area (Å²) in [6, 6.07) is -1.56. The minimum Gasteiger partial charge on any atom is -0.465 e. The lowest BCUT2D eigenvalue weighted by Crippen LogP contribution is -2.59. The number of aliphatic hydroxyl groups is 1. The second-order valence-electron chi connectivity index (χ2n) is 10.6. The van der Waals surface area contributed by atoms with Crippen molar-refractivity contribution in [2.24, 2.45) is 17.8 Å². The number of allylic oxidation sites excluding steroid dienone is 1. The Morgan fingerprint density at radius 3 is 2.56 bits per heavy atom. The molecular formula is C26H38N2O6. The molecular weight excluding hydrogens is 436 g/mol. The third kappa shape index (κ3) is 4.09. The monoisotopic (exact) mass is 474 g/mol. The van der Waals surface area contributed by atoms with Crippen LogP contribution in [0.25, 0.3) is 0 Å². The summed E-state index contributed by atoms with van der Waals surface area (Å²) in [5.74, 6) is -2.50. The fraction of sp³-hybridized carbons (Fsp3) is 0.731. The van der Waals surface area contributed by atoms with E-state index < -0.39 is 41.6 Å². The number of fused-ring (bicyclic) bond motifs is 2. The number of rotatable bonds is 5. The summed E-state index contributed by atoms with van der Waals surface area (Å²) in [5.41, 5.74) is -1.28. The number of cyclic esters (lactones) is 1.